The van der Waals surface area contributed by atoms with E-state index < -0.39 is 0 Å². The third-order valence-electron chi connectivity index (χ3n) is 6.62. The molecule has 1 saturated heterocycles. The van der Waals surface area contributed by atoms with Crippen molar-refractivity contribution in [3.8, 4) is 5.75 Å². The van der Waals surface area contributed by atoms with Crippen molar-refractivity contribution in [1.82, 2.24) is 24.4 Å². The minimum absolute atomic E-state index is 0.0427. The highest BCUT2D eigenvalue weighted by atomic mass is 16.5. The van der Waals surface area contributed by atoms with Gasteiger partial charge in [0.25, 0.3) is 0 Å². The van der Waals surface area contributed by atoms with E-state index in [1.54, 1.807) is 0 Å². The number of ether oxygens (including phenoxy) is 2. The molecule has 1 fully saturated rings. The Balaban J connectivity index is 1.10. The Hall–Kier alpha value is -3.40. The molecular weight excluding hydrogens is 468 g/mol. The van der Waals surface area contributed by atoms with E-state index >= 15 is 0 Å². The lowest BCUT2D eigenvalue weighted by molar-refractivity contribution is -0.0195. The number of anilines is 1. The molecule has 9 nitrogen and oxygen atoms in total. The number of benzene rings is 2. The van der Waals surface area contributed by atoms with Crippen molar-refractivity contribution in [1.29, 1.82) is 0 Å². The zero-order valence-corrected chi connectivity index (χ0v) is 21.1. The van der Waals surface area contributed by atoms with Crippen molar-refractivity contribution < 1.29 is 14.6 Å². The van der Waals surface area contributed by atoms with E-state index in [9.17, 15) is 5.11 Å². The van der Waals surface area contributed by atoms with Gasteiger partial charge in [0.1, 0.15) is 12.0 Å². The summed E-state index contributed by atoms with van der Waals surface area (Å²) in [5.41, 5.74) is 3.07. The van der Waals surface area contributed by atoms with Crippen LogP contribution in [0.2, 0.25) is 0 Å². The first kappa shape index (κ1) is 25.3. The fourth-order valence-electron chi connectivity index (χ4n) is 4.72. The highest BCUT2D eigenvalue weighted by Gasteiger charge is 2.29. The summed E-state index contributed by atoms with van der Waals surface area (Å²) in [6.45, 7) is 4.23. The number of hydrogen-bond acceptors (Lipinski definition) is 7. The first-order valence-corrected chi connectivity index (χ1v) is 13.2. The summed E-state index contributed by atoms with van der Waals surface area (Å²) in [5, 5.41) is 16.5. The summed E-state index contributed by atoms with van der Waals surface area (Å²) < 4.78 is 16.3. The number of hydrogen-bond donors (Lipinski definition) is 3. The second-order valence-corrected chi connectivity index (χ2v) is 9.37. The van der Waals surface area contributed by atoms with Crippen LogP contribution in [0, 0.1) is 0 Å². The monoisotopic (exact) mass is 504 g/mol. The Morgan fingerprint density at radius 1 is 1.08 bits per heavy atom. The van der Waals surface area contributed by atoms with Crippen LogP contribution < -0.4 is 15.4 Å². The molecule has 196 valence electrons. The van der Waals surface area contributed by atoms with Gasteiger partial charge in [-0.05, 0) is 68.6 Å². The topological polar surface area (TPSA) is 98.4 Å². The molecule has 0 spiro atoms. The highest BCUT2D eigenvalue weighted by molar-refractivity contribution is 5.78. The fourth-order valence-corrected chi connectivity index (χ4v) is 4.72. The lowest BCUT2D eigenvalue weighted by atomic mass is 10.2. The van der Waals surface area contributed by atoms with E-state index in [1.165, 1.54) is 0 Å². The van der Waals surface area contributed by atoms with Crippen LogP contribution in [0.4, 0.5) is 5.95 Å². The Labute approximate surface area is 217 Å². The van der Waals surface area contributed by atoms with Crippen LogP contribution in [0.15, 0.2) is 67.3 Å². The average molecular weight is 505 g/mol. The van der Waals surface area contributed by atoms with Crippen molar-refractivity contribution in [3.05, 3.63) is 72.8 Å². The molecule has 3 N–H and O–H groups in total. The van der Waals surface area contributed by atoms with E-state index in [-0.39, 0.29) is 18.9 Å². The number of para-hydroxylation sites is 2. The SMILES string of the molecule is OC[C@@H]1CC[C@H](n2c(NCc3cccc(OCCCNCCCn4ccnc4)c3)nc3ccccc32)O1. The van der Waals surface area contributed by atoms with Crippen LogP contribution >= 0.6 is 0 Å². The van der Waals surface area contributed by atoms with Crippen LogP contribution in [-0.4, -0.2) is 56.6 Å². The van der Waals surface area contributed by atoms with Crippen LogP contribution in [-0.2, 0) is 17.8 Å². The van der Waals surface area contributed by atoms with Gasteiger partial charge >= 0.3 is 0 Å². The van der Waals surface area contributed by atoms with Gasteiger partial charge < -0.3 is 29.8 Å². The van der Waals surface area contributed by atoms with E-state index in [4.69, 9.17) is 14.5 Å². The van der Waals surface area contributed by atoms with Gasteiger partial charge in [-0.3, -0.25) is 4.57 Å². The van der Waals surface area contributed by atoms with Gasteiger partial charge in [-0.15, -0.1) is 0 Å². The number of aliphatic hydroxyl groups is 1. The van der Waals surface area contributed by atoms with Gasteiger partial charge in [-0.25, -0.2) is 9.97 Å². The quantitative estimate of drug-likeness (QED) is 0.224. The Morgan fingerprint density at radius 2 is 2.00 bits per heavy atom. The van der Waals surface area contributed by atoms with Crippen LogP contribution in [0.3, 0.4) is 0 Å². The van der Waals surface area contributed by atoms with Crippen LogP contribution in [0.5, 0.6) is 5.75 Å². The molecule has 0 amide bonds. The maximum atomic E-state index is 9.52. The molecular formula is C28H36N6O3. The van der Waals surface area contributed by atoms with Gasteiger partial charge in [0.15, 0.2) is 0 Å². The lowest BCUT2D eigenvalue weighted by Gasteiger charge is -2.18. The third-order valence-corrected chi connectivity index (χ3v) is 6.62. The van der Waals surface area contributed by atoms with Crippen molar-refractivity contribution in [2.24, 2.45) is 0 Å². The molecule has 37 heavy (non-hydrogen) atoms. The van der Waals surface area contributed by atoms with Crippen molar-refractivity contribution in [2.75, 3.05) is 31.6 Å². The fraction of sp³-hybridized carbons (Fsp3) is 0.429. The average Bonchev–Trinajstić information content (AvgIpc) is 3.69. The molecule has 3 heterocycles. The Bertz CT molecular complexity index is 1240. The first-order valence-electron chi connectivity index (χ1n) is 13.2. The van der Waals surface area contributed by atoms with Gasteiger partial charge in [-0.2, -0.15) is 0 Å². The summed E-state index contributed by atoms with van der Waals surface area (Å²) >= 11 is 0. The number of fused-ring (bicyclic) bond motifs is 1. The minimum Gasteiger partial charge on any atom is -0.494 e. The summed E-state index contributed by atoms with van der Waals surface area (Å²) in [7, 11) is 0. The first-order chi connectivity index (χ1) is 18.3. The summed E-state index contributed by atoms with van der Waals surface area (Å²) in [4.78, 5) is 8.88. The molecule has 4 aromatic rings. The van der Waals surface area contributed by atoms with Gasteiger partial charge in [0.05, 0.1) is 36.7 Å². The summed E-state index contributed by atoms with van der Waals surface area (Å²) in [6, 6.07) is 16.3. The number of aliphatic hydroxyl groups excluding tert-OH is 1. The maximum Gasteiger partial charge on any atom is 0.206 e. The normalized spacial score (nSPS) is 17.4. The van der Waals surface area contributed by atoms with Crippen molar-refractivity contribution in [2.45, 2.75) is 51.1 Å². The van der Waals surface area contributed by atoms with Gasteiger partial charge in [0, 0.05) is 25.5 Å². The largest absolute Gasteiger partial charge is 0.494 e. The summed E-state index contributed by atoms with van der Waals surface area (Å²) in [5.74, 6) is 1.65. The van der Waals surface area contributed by atoms with Crippen LogP contribution in [0.1, 0.15) is 37.5 Å². The molecule has 2 aromatic heterocycles. The number of imidazole rings is 2. The molecule has 2 aromatic carbocycles. The maximum absolute atomic E-state index is 9.52. The molecule has 0 saturated carbocycles. The molecule has 2 atom stereocenters. The number of aryl methyl sites for hydroxylation is 1. The van der Waals surface area contributed by atoms with Gasteiger partial charge in [-0.1, -0.05) is 24.3 Å². The molecule has 0 unspecified atom stereocenters. The molecule has 1 aliphatic rings. The second kappa shape index (κ2) is 12.7. The second-order valence-electron chi connectivity index (χ2n) is 9.37. The molecule has 0 aliphatic carbocycles. The van der Waals surface area contributed by atoms with E-state index in [1.807, 2.05) is 49.1 Å². The van der Waals surface area contributed by atoms with Crippen molar-refractivity contribution in [3.63, 3.8) is 0 Å². The molecule has 9 heteroatoms. The number of nitrogens with zero attached hydrogens (tertiary/aromatic N) is 4. The third kappa shape index (κ3) is 6.68. The van der Waals surface area contributed by atoms with E-state index in [2.05, 4.69) is 43.0 Å². The molecule has 0 bridgehead atoms. The number of aromatic nitrogens is 4. The lowest BCUT2D eigenvalue weighted by Crippen LogP contribution is -2.19. The zero-order chi connectivity index (χ0) is 25.3. The van der Waals surface area contributed by atoms with E-state index in [0.29, 0.717) is 13.2 Å². The standard InChI is InChI=1S/C28H36N6O3/c35-20-24-10-11-27(37-24)34-26-9-2-1-8-25(26)32-28(34)31-19-22-6-3-7-23(18-22)36-17-5-13-29-12-4-15-33-16-14-30-21-33/h1-3,6-9,14,16,18,21,24,27,29,35H,4-5,10-13,15,17,19-20H2,(H,31,32)/t24-,27+/m0/s1. The molecule has 1 aliphatic heterocycles. The molecule has 0 radical (unpaired) electrons. The predicted octanol–water partition coefficient (Wildman–Crippen LogP) is 3.96. The van der Waals surface area contributed by atoms with Gasteiger partial charge in [0.2, 0.25) is 5.95 Å². The molecule has 5 rings (SSSR count). The Morgan fingerprint density at radius 3 is 2.86 bits per heavy atom. The van der Waals surface area contributed by atoms with Crippen LogP contribution in [0.25, 0.3) is 11.0 Å². The predicted molar refractivity (Wildman–Crippen MR) is 144 cm³/mol. The number of rotatable bonds is 14. The minimum atomic E-state index is -0.138. The van der Waals surface area contributed by atoms with Crippen molar-refractivity contribution >= 4 is 17.0 Å². The Kier molecular flexibility index (Phi) is 8.68. The zero-order valence-electron chi connectivity index (χ0n) is 21.1. The highest BCUT2D eigenvalue weighted by Crippen LogP contribution is 2.34. The summed E-state index contributed by atoms with van der Waals surface area (Å²) in [6.07, 6.45) is 9.12. The number of nitrogens with one attached hydrogen (secondary N) is 2. The van der Waals surface area contributed by atoms with E-state index in [0.717, 1.165) is 73.6 Å². The smallest absolute Gasteiger partial charge is 0.206 e.